The quantitative estimate of drug-likeness (QED) is 0.649. The molecule has 2 aromatic carbocycles. The minimum Gasteiger partial charge on any atom is -0.383 e. The van der Waals surface area contributed by atoms with Crippen LogP contribution >= 0.6 is 0 Å². The molecule has 2 aliphatic heterocycles. The minimum absolute atomic E-state index is 0.0614. The van der Waals surface area contributed by atoms with E-state index in [1.807, 2.05) is 6.07 Å². The molecule has 2 fully saturated rings. The van der Waals surface area contributed by atoms with Crippen LogP contribution in [0.5, 0.6) is 0 Å². The summed E-state index contributed by atoms with van der Waals surface area (Å²) in [6, 6.07) is 9.95. The van der Waals surface area contributed by atoms with E-state index in [2.05, 4.69) is 11.8 Å². The van der Waals surface area contributed by atoms with Gasteiger partial charge in [0.15, 0.2) is 11.6 Å². The number of urea groups is 1. The van der Waals surface area contributed by atoms with Crippen molar-refractivity contribution in [1.82, 2.24) is 9.80 Å². The number of halogens is 2. The summed E-state index contributed by atoms with van der Waals surface area (Å²) >= 11 is 0. The molecule has 0 aromatic heterocycles. The Labute approximate surface area is 195 Å². The standard InChI is InChI=1S/C25H23F2N3O4/c1-25-16-21(31)30(24(33)29(25)11-10-28(23(25)32)12-13-34-2)22-19(26)14-18(15-20(22)27)9-8-17-6-4-3-5-7-17/h3-7,14-15H,10-13,16H2,1-2H3. The number of methoxy groups -OCH3 is 1. The Kier molecular flexibility index (Phi) is 6.35. The third kappa shape index (κ3) is 4.13. The monoisotopic (exact) mass is 467 g/mol. The van der Waals surface area contributed by atoms with Crippen LogP contribution < -0.4 is 4.90 Å². The number of piperazine rings is 1. The van der Waals surface area contributed by atoms with Crippen LogP contribution in [0, 0.1) is 23.5 Å². The van der Waals surface area contributed by atoms with Gasteiger partial charge in [0.1, 0.15) is 11.2 Å². The first-order valence-corrected chi connectivity index (χ1v) is 10.8. The number of hydrogen-bond acceptors (Lipinski definition) is 4. The van der Waals surface area contributed by atoms with E-state index in [1.54, 1.807) is 24.3 Å². The Morgan fingerprint density at radius 1 is 1.00 bits per heavy atom. The molecule has 0 spiro atoms. The normalized spacial score (nSPS) is 20.2. The molecule has 1 atom stereocenters. The van der Waals surface area contributed by atoms with Crippen LogP contribution in [0.1, 0.15) is 24.5 Å². The Balaban J connectivity index is 1.62. The molecule has 34 heavy (non-hydrogen) atoms. The van der Waals surface area contributed by atoms with Crippen molar-refractivity contribution in [3.05, 3.63) is 65.2 Å². The largest absolute Gasteiger partial charge is 0.383 e. The molecule has 0 aliphatic carbocycles. The van der Waals surface area contributed by atoms with E-state index in [4.69, 9.17) is 4.74 Å². The number of hydrogen-bond donors (Lipinski definition) is 0. The average Bonchev–Trinajstić information content (AvgIpc) is 2.80. The van der Waals surface area contributed by atoms with E-state index >= 15 is 8.78 Å². The second-order valence-corrected chi connectivity index (χ2v) is 8.30. The molecule has 7 nitrogen and oxygen atoms in total. The van der Waals surface area contributed by atoms with Gasteiger partial charge in [0.2, 0.25) is 11.8 Å². The molecule has 4 amide bonds. The van der Waals surface area contributed by atoms with E-state index in [1.165, 1.54) is 23.8 Å². The highest BCUT2D eigenvalue weighted by Crippen LogP contribution is 2.36. The number of imide groups is 1. The number of benzene rings is 2. The molecule has 2 aliphatic rings. The van der Waals surface area contributed by atoms with Crippen molar-refractivity contribution in [3.8, 4) is 11.8 Å². The summed E-state index contributed by atoms with van der Waals surface area (Å²) in [6.45, 7) is 2.48. The van der Waals surface area contributed by atoms with Gasteiger partial charge >= 0.3 is 6.03 Å². The minimum atomic E-state index is -1.43. The van der Waals surface area contributed by atoms with Crippen LogP contribution in [0.15, 0.2) is 42.5 Å². The van der Waals surface area contributed by atoms with Gasteiger partial charge in [0, 0.05) is 37.9 Å². The Bertz CT molecular complexity index is 1180. The summed E-state index contributed by atoms with van der Waals surface area (Å²) in [6.07, 6.45) is -0.393. The van der Waals surface area contributed by atoms with E-state index in [-0.39, 0.29) is 18.7 Å². The molecule has 2 saturated heterocycles. The van der Waals surface area contributed by atoms with Crippen molar-refractivity contribution >= 4 is 23.5 Å². The molecule has 9 heteroatoms. The number of carbonyl (C=O) groups is 3. The van der Waals surface area contributed by atoms with Crippen molar-refractivity contribution in [2.45, 2.75) is 18.9 Å². The van der Waals surface area contributed by atoms with Crippen molar-refractivity contribution in [3.63, 3.8) is 0 Å². The molecule has 1 unspecified atom stereocenters. The van der Waals surface area contributed by atoms with Gasteiger partial charge < -0.3 is 14.5 Å². The zero-order valence-electron chi connectivity index (χ0n) is 18.8. The fourth-order valence-electron chi connectivity index (χ4n) is 4.26. The molecule has 0 saturated carbocycles. The summed E-state index contributed by atoms with van der Waals surface area (Å²) in [5.41, 5.74) is -1.46. The SMILES string of the molecule is COCCN1CCN2C(=O)N(c3c(F)cc(C#Cc4ccccc4)cc3F)C(=O)CC2(C)C1=O. The summed E-state index contributed by atoms with van der Waals surface area (Å²) < 4.78 is 35.0. The lowest BCUT2D eigenvalue weighted by Gasteiger charge is -2.51. The first kappa shape index (κ1) is 23.4. The predicted molar refractivity (Wildman–Crippen MR) is 120 cm³/mol. The van der Waals surface area contributed by atoms with E-state index < -0.39 is 47.1 Å². The molecule has 176 valence electrons. The molecular formula is C25H23F2N3O4. The predicted octanol–water partition coefficient (Wildman–Crippen LogP) is 2.77. The van der Waals surface area contributed by atoms with Crippen molar-refractivity contribution in [2.75, 3.05) is 38.3 Å². The van der Waals surface area contributed by atoms with Gasteiger partial charge in [-0.1, -0.05) is 30.0 Å². The lowest BCUT2D eigenvalue weighted by molar-refractivity contribution is -0.152. The maximum Gasteiger partial charge on any atom is 0.332 e. The highest BCUT2D eigenvalue weighted by Gasteiger charge is 2.55. The van der Waals surface area contributed by atoms with Crippen LogP contribution in [-0.2, 0) is 14.3 Å². The van der Waals surface area contributed by atoms with Gasteiger partial charge in [-0.3, -0.25) is 9.59 Å². The topological polar surface area (TPSA) is 70.2 Å². The lowest BCUT2D eigenvalue weighted by Crippen LogP contribution is -2.72. The smallest absolute Gasteiger partial charge is 0.332 e. The average molecular weight is 467 g/mol. The number of fused-ring (bicyclic) bond motifs is 1. The van der Waals surface area contributed by atoms with Gasteiger partial charge in [-0.05, 0) is 31.2 Å². The van der Waals surface area contributed by atoms with Crippen LogP contribution in [0.25, 0.3) is 0 Å². The number of rotatable bonds is 4. The molecule has 0 N–H and O–H groups in total. The molecule has 0 radical (unpaired) electrons. The van der Waals surface area contributed by atoms with Crippen LogP contribution in [0.4, 0.5) is 19.3 Å². The third-order valence-corrected chi connectivity index (χ3v) is 6.04. The van der Waals surface area contributed by atoms with Crippen molar-refractivity contribution < 1.29 is 27.9 Å². The second kappa shape index (κ2) is 9.23. The van der Waals surface area contributed by atoms with Crippen molar-refractivity contribution in [2.24, 2.45) is 0 Å². The zero-order chi connectivity index (χ0) is 24.5. The summed E-state index contributed by atoms with van der Waals surface area (Å²) in [5, 5.41) is 0. The van der Waals surface area contributed by atoms with Gasteiger partial charge in [-0.25, -0.2) is 18.5 Å². The van der Waals surface area contributed by atoms with E-state index in [9.17, 15) is 14.4 Å². The summed E-state index contributed by atoms with van der Waals surface area (Å²) in [7, 11) is 1.51. The van der Waals surface area contributed by atoms with Gasteiger partial charge in [0.05, 0.1) is 13.0 Å². The number of carbonyl (C=O) groups excluding carboxylic acids is 3. The summed E-state index contributed by atoms with van der Waals surface area (Å²) in [4.78, 5) is 42.4. The third-order valence-electron chi connectivity index (χ3n) is 6.04. The number of anilines is 1. The number of amides is 4. The van der Waals surface area contributed by atoms with E-state index in [0.717, 1.165) is 12.1 Å². The Hall–Kier alpha value is -3.77. The van der Waals surface area contributed by atoms with Crippen LogP contribution in [-0.4, -0.2) is 66.5 Å². The van der Waals surface area contributed by atoms with Gasteiger partial charge in [0.25, 0.3) is 0 Å². The maximum absolute atomic E-state index is 15.0. The highest BCUT2D eigenvalue weighted by atomic mass is 19.1. The maximum atomic E-state index is 15.0. The Morgan fingerprint density at radius 2 is 1.65 bits per heavy atom. The first-order chi connectivity index (χ1) is 16.3. The molecular weight excluding hydrogens is 444 g/mol. The van der Waals surface area contributed by atoms with Crippen LogP contribution in [0.2, 0.25) is 0 Å². The van der Waals surface area contributed by atoms with Crippen LogP contribution in [0.3, 0.4) is 0 Å². The van der Waals surface area contributed by atoms with Crippen molar-refractivity contribution in [1.29, 1.82) is 0 Å². The van der Waals surface area contributed by atoms with E-state index in [0.29, 0.717) is 23.6 Å². The first-order valence-electron chi connectivity index (χ1n) is 10.8. The second-order valence-electron chi connectivity index (χ2n) is 8.30. The molecule has 0 bridgehead atoms. The van der Waals surface area contributed by atoms with Gasteiger partial charge in [-0.2, -0.15) is 0 Å². The molecule has 4 rings (SSSR count). The molecule has 2 heterocycles. The fourth-order valence-corrected chi connectivity index (χ4v) is 4.26. The molecule has 2 aromatic rings. The number of nitrogens with zero attached hydrogens (tertiary/aromatic N) is 3. The highest BCUT2D eigenvalue weighted by molar-refractivity contribution is 6.19. The summed E-state index contributed by atoms with van der Waals surface area (Å²) in [5.74, 6) is 2.06. The fraction of sp³-hybridized carbons (Fsp3) is 0.320. The number of ether oxygens (including phenoxy) is 1. The zero-order valence-corrected chi connectivity index (χ0v) is 18.8. The van der Waals surface area contributed by atoms with Gasteiger partial charge in [-0.15, -0.1) is 0 Å². The Morgan fingerprint density at radius 3 is 2.29 bits per heavy atom. The lowest BCUT2D eigenvalue weighted by atomic mass is 9.88.